The zero-order valence-corrected chi connectivity index (χ0v) is 12.6. The van der Waals surface area contributed by atoms with Gasteiger partial charge in [-0.1, -0.05) is 12.8 Å². The lowest BCUT2D eigenvalue weighted by molar-refractivity contribution is -0.155. The molecule has 20 heavy (non-hydrogen) atoms. The second-order valence-corrected chi connectivity index (χ2v) is 7.15. The van der Waals surface area contributed by atoms with Gasteiger partial charge in [0.1, 0.15) is 5.54 Å². The van der Waals surface area contributed by atoms with Gasteiger partial charge < -0.3 is 9.84 Å². The van der Waals surface area contributed by atoms with E-state index in [1.807, 2.05) is 6.92 Å². The summed E-state index contributed by atoms with van der Waals surface area (Å²) in [7, 11) is 0. The highest BCUT2D eigenvalue weighted by molar-refractivity contribution is 5.78. The van der Waals surface area contributed by atoms with Crippen molar-refractivity contribution >= 4 is 5.97 Å². The number of likely N-dealkylation sites (tertiary alicyclic amines) is 1. The van der Waals surface area contributed by atoms with E-state index in [0.717, 1.165) is 38.8 Å². The Labute approximate surface area is 121 Å². The first kappa shape index (κ1) is 14.3. The van der Waals surface area contributed by atoms with E-state index in [-0.39, 0.29) is 11.7 Å². The lowest BCUT2D eigenvalue weighted by Crippen LogP contribution is -2.57. The summed E-state index contributed by atoms with van der Waals surface area (Å²) in [6.07, 6.45) is 10.4. The Balaban J connectivity index is 1.63. The first-order valence-corrected chi connectivity index (χ1v) is 8.20. The van der Waals surface area contributed by atoms with E-state index in [1.54, 1.807) is 0 Å². The smallest absolute Gasteiger partial charge is 0.323 e. The molecule has 0 amide bonds. The highest BCUT2D eigenvalue weighted by Gasteiger charge is 2.46. The zero-order chi connectivity index (χ0) is 14.2. The van der Waals surface area contributed by atoms with Crippen molar-refractivity contribution in [3.05, 3.63) is 0 Å². The predicted molar refractivity (Wildman–Crippen MR) is 76.8 cm³/mol. The highest BCUT2D eigenvalue weighted by Crippen LogP contribution is 2.44. The molecule has 2 heterocycles. The molecule has 1 saturated carbocycles. The van der Waals surface area contributed by atoms with Gasteiger partial charge in [0.15, 0.2) is 0 Å². The number of hydrogen-bond acceptors (Lipinski definition) is 3. The molecule has 114 valence electrons. The number of rotatable bonds is 3. The molecule has 4 heteroatoms. The molecular formula is C16H27NO3. The molecule has 0 aromatic heterocycles. The van der Waals surface area contributed by atoms with Crippen LogP contribution in [0.15, 0.2) is 0 Å². The molecule has 3 aliphatic rings. The van der Waals surface area contributed by atoms with Crippen molar-refractivity contribution in [1.82, 2.24) is 4.90 Å². The van der Waals surface area contributed by atoms with E-state index in [0.29, 0.717) is 0 Å². The molecular weight excluding hydrogens is 254 g/mol. The maximum absolute atomic E-state index is 11.6. The molecule has 4 nitrogen and oxygen atoms in total. The summed E-state index contributed by atoms with van der Waals surface area (Å²) in [6, 6.07) is 0. The molecule has 3 fully saturated rings. The lowest BCUT2D eigenvalue weighted by Gasteiger charge is -2.42. The molecule has 2 saturated heterocycles. The van der Waals surface area contributed by atoms with Crippen LogP contribution in [0.1, 0.15) is 64.7 Å². The first-order chi connectivity index (χ1) is 9.54. The second kappa shape index (κ2) is 5.30. The average Bonchev–Trinajstić information content (AvgIpc) is 3.03. The van der Waals surface area contributed by atoms with Crippen molar-refractivity contribution in [2.45, 2.75) is 82.0 Å². The van der Waals surface area contributed by atoms with Crippen molar-refractivity contribution in [2.24, 2.45) is 0 Å². The number of hydrogen-bond donors (Lipinski definition) is 1. The normalized spacial score (nSPS) is 37.5. The van der Waals surface area contributed by atoms with Crippen molar-refractivity contribution in [1.29, 1.82) is 0 Å². The van der Waals surface area contributed by atoms with Crippen molar-refractivity contribution < 1.29 is 14.6 Å². The van der Waals surface area contributed by atoms with E-state index in [2.05, 4.69) is 4.90 Å². The Morgan fingerprint density at radius 3 is 2.60 bits per heavy atom. The molecule has 1 N–H and O–H groups in total. The molecule has 0 radical (unpaired) electrons. The average molecular weight is 281 g/mol. The van der Waals surface area contributed by atoms with Gasteiger partial charge in [-0.25, -0.2) is 0 Å². The minimum atomic E-state index is -0.687. The van der Waals surface area contributed by atoms with Crippen LogP contribution in [0.2, 0.25) is 0 Å². The van der Waals surface area contributed by atoms with Gasteiger partial charge >= 0.3 is 5.97 Å². The second-order valence-electron chi connectivity index (χ2n) is 7.15. The Hall–Kier alpha value is -0.610. The Morgan fingerprint density at radius 1 is 1.20 bits per heavy atom. The van der Waals surface area contributed by atoms with Crippen LogP contribution in [0.4, 0.5) is 0 Å². The minimum absolute atomic E-state index is 0.153. The summed E-state index contributed by atoms with van der Waals surface area (Å²) in [5.41, 5.74) is -0.535. The van der Waals surface area contributed by atoms with Crippen LogP contribution >= 0.6 is 0 Å². The van der Waals surface area contributed by atoms with E-state index < -0.39 is 11.5 Å². The fourth-order valence-corrected chi connectivity index (χ4v) is 4.37. The molecule has 1 spiro atoms. The van der Waals surface area contributed by atoms with Crippen LogP contribution in [0.5, 0.6) is 0 Å². The van der Waals surface area contributed by atoms with Gasteiger partial charge in [-0.3, -0.25) is 9.69 Å². The van der Waals surface area contributed by atoms with Crippen LogP contribution in [0.25, 0.3) is 0 Å². The van der Waals surface area contributed by atoms with Gasteiger partial charge in [0.2, 0.25) is 0 Å². The number of ether oxygens (including phenoxy) is 1. The van der Waals surface area contributed by atoms with Gasteiger partial charge in [-0.2, -0.15) is 0 Å². The lowest BCUT2D eigenvalue weighted by atomic mass is 9.88. The zero-order valence-electron chi connectivity index (χ0n) is 12.6. The fraction of sp³-hybridized carbons (Fsp3) is 0.938. The quantitative estimate of drug-likeness (QED) is 0.864. The third-order valence-corrected chi connectivity index (χ3v) is 5.78. The van der Waals surface area contributed by atoms with E-state index in [9.17, 15) is 9.90 Å². The summed E-state index contributed by atoms with van der Waals surface area (Å²) in [4.78, 5) is 13.8. The number of aliphatic carboxylic acids is 1. The molecule has 0 aromatic carbocycles. The highest BCUT2D eigenvalue weighted by atomic mass is 16.5. The molecule has 3 rings (SSSR count). The van der Waals surface area contributed by atoms with Crippen LogP contribution in [0, 0.1) is 0 Å². The molecule has 2 atom stereocenters. The number of carbonyl (C=O) groups is 1. The van der Waals surface area contributed by atoms with Crippen LogP contribution < -0.4 is 0 Å². The van der Waals surface area contributed by atoms with Gasteiger partial charge in [-0.15, -0.1) is 0 Å². The number of piperidine rings is 1. The summed E-state index contributed by atoms with van der Waals surface area (Å²) in [5, 5.41) is 9.56. The topological polar surface area (TPSA) is 49.8 Å². The number of carboxylic acid groups (broad SMARTS) is 1. The summed E-state index contributed by atoms with van der Waals surface area (Å²) >= 11 is 0. The predicted octanol–water partition coefficient (Wildman–Crippen LogP) is 2.81. The van der Waals surface area contributed by atoms with Gasteiger partial charge in [0, 0.05) is 6.54 Å². The van der Waals surface area contributed by atoms with Crippen molar-refractivity contribution in [3.63, 3.8) is 0 Å². The van der Waals surface area contributed by atoms with Crippen molar-refractivity contribution in [3.8, 4) is 0 Å². The minimum Gasteiger partial charge on any atom is -0.480 e. The van der Waals surface area contributed by atoms with Crippen LogP contribution in [-0.4, -0.2) is 46.3 Å². The Morgan fingerprint density at radius 2 is 1.90 bits per heavy atom. The van der Waals surface area contributed by atoms with E-state index >= 15 is 0 Å². The third-order valence-electron chi connectivity index (χ3n) is 5.78. The van der Waals surface area contributed by atoms with E-state index in [4.69, 9.17) is 4.74 Å². The number of nitrogens with zero attached hydrogens (tertiary/aromatic N) is 1. The Bertz CT molecular complexity index is 378. The summed E-state index contributed by atoms with van der Waals surface area (Å²) < 4.78 is 6.35. The summed E-state index contributed by atoms with van der Waals surface area (Å²) in [6.45, 7) is 3.58. The molecule has 2 unspecified atom stereocenters. The van der Waals surface area contributed by atoms with Gasteiger partial charge in [0.25, 0.3) is 0 Å². The fourth-order valence-electron chi connectivity index (χ4n) is 4.37. The molecule has 0 aromatic rings. The summed E-state index contributed by atoms with van der Waals surface area (Å²) in [5.74, 6) is -0.675. The van der Waals surface area contributed by atoms with Crippen LogP contribution in [-0.2, 0) is 9.53 Å². The monoisotopic (exact) mass is 281 g/mol. The van der Waals surface area contributed by atoms with Crippen LogP contribution in [0.3, 0.4) is 0 Å². The first-order valence-electron chi connectivity index (χ1n) is 8.20. The molecule has 1 aliphatic carbocycles. The Kier molecular flexibility index (Phi) is 3.80. The molecule has 2 aliphatic heterocycles. The SMILES string of the molecule is CC1(C(=O)O)CCCCN1CC1CCC2(CCCC2)O1. The van der Waals surface area contributed by atoms with Gasteiger partial charge in [-0.05, 0) is 58.4 Å². The third kappa shape index (κ3) is 2.48. The standard InChI is InChI=1S/C16H27NO3/c1-15(14(18)19)7-4-5-11-17(15)12-13-6-10-16(20-13)8-2-3-9-16/h13H,2-12H2,1H3,(H,18,19). The van der Waals surface area contributed by atoms with E-state index in [1.165, 1.54) is 32.1 Å². The number of carboxylic acids is 1. The largest absolute Gasteiger partial charge is 0.480 e. The maximum Gasteiger partial charge on any atom is 0.323 e. The van der Waals surface area contributed by atoms with Crippen molar-refractivity contribution in [2.75, 3.05) is 13.1 Å². The maximum atomic E-state index is 11.6. The van der Waals surface area contributed by atoms with Gasteiger partial charge in [0.05, 0.1) is 11.7 Å². The molecule has 0 bridgehead atoms.